The van der Waals surface area contributed by atoms with Gasteiger partial charge in [-0.05, 0) is 44.5 Å². The zero-order valence-corrected chi connectivity index (χ0v) is 25.7. The third-order valence-corrected chi connectivity index (χ3v) is 5.90. The van der Waals surface area contributed by atoms with Gasteiger partial charge in [0.1, 0.15) is 0 Å². The molecule has 0 saturated carbocycles. The van der Waals surface area contributed by atoms with E-state index in [1.807, 2.05) is 83.1 Å². The van der Waals surface area contributed by atoms with Gasteiger partial charge in [0, 0.05) is 0 Å². The van der Waals surface area contributed by atoms with E-state index in [2.05, 4.69) is 97.1 Å². The van der Waals surface area contributed by atoms with E-state index in [0.29, 0.717) is 0 Å². The molecule has 0 bridgehead atoms. The fourth-order valence-electron chi connectivity index (χ4n) is 5.05. The summed E-state index contributed by atoms with van der Waals surface area (Å²) >= 11 is 0. The lowest BCUT2D eigenvalue weighted by atomic mass is 9.70. The van der Waals surface area contributed by atoms with Crippen molar-refractivity contribution in [2.75, 3.05) is 0 Å². The van der Waals surface area contributed by atoms with Crippen molar-refractivity contribution < 1.29 is 0 Å². The van der Waals surface area contributed by atoms with Crippen LogP contribution in [0, 0.1) is 0 Å². The van der Waals surface area contributed by atoms with E-state index in [9.17, 15) is 0 Å². The second-order valence-electron chi connectivity index (χ2n) is 6.93. The summed E-state index contributed by atoms with van der Waals surface area (Å²) in [5, 5.41) is 0. The Morgan fingerprint density at radius 3 is 0.622 bits per heavy atom. The lowest BCUT2D eigenvalue weighted by Gasteiger charge is -2.30. The van der Waals surface area contributed by atoms with Crippen LogP contribution in [-0.2, 0) is 5.41 Å². The summed E-state index contributed by atoms with van der Waals surface area (Å²) in [6.45, 7) is 24.0. The van der Waals surface area contributed by atoms with Crippen molar-refractivity contribution in [3.8, 4) is 22.3 Å². The quantitative estimate of drug-likeness (QED) is 0.196. The van der Waals surface area contributed by atoms with Crippen LogP contribution in [0.4, 0.5) is 0 Å². The number of benzene rings is 4. The molecule has 0 fully saturated rings. The van der Waals surface area contributed by atoms with Crippen LogP contribution in [0.3, 0.4) is 0 Å². The molecule has 2 aliphatic rings. The van der Waals surface area contributed by atoms with Crippen molar-refractivity contribution in [1.29, 1.82) is 0 Å². The molecule has 0 N–H and O–H groups in total. The van der Waals surface area contributed by atoms with Crippen LogP contribution in [0.15, 0.2) is 97.1 Å². The monoisotopic (exact) mass is 496 g/mol. The largest absolute Gasteiger partial charge is 0.0725 e. The third kappa shape index (κ3) is 5.90. The summed E-state index contributed by atoms with van der Waals surface area (Å²) in [5.41, 5.74) is 10.9. The predicted octanol–water partition coefficient (Wildman–Crippen LogP) is 12.2. The molecule has 0 heteroatoms. The molecule has 0 heterocycles. The van der Waals surface area contributed by atoms with Gasteiger partial charge in [-0.1, -0.05) is 180 Å². The van der Waals surface area contributed by atoms with Gasteiger partial charge in [0.15, 0.2) is 0 Å². The fourth-order valence-corrected chi connectivity index (χ4v) is 5.05. The average Bonchev–Trinajstić information content (AvgIpc) is 3.51. The summed E-state index contributed by atoms with van der Waals surface area (Å²) < 4.78 is 0. The molecule has 1 spiro atoms. The molecule has 0 aliphatic heterocycles. The summed E-state index contributed by atoms with van der Waals surface area (Å²) in [4.78, 5) is 0. The summed E-state index contributed by atoms with van der Waals surface area (Å²) in [7, 11) is 0. The average molecular weight is 497 g/mol. The first-order valence-electron chi connectivity index (χ1n) is 14.8. The minimum atomic E-state index is -0.180. The van der Waals surface area contributed by atoms with Crippen molar-refractivity contribution in [3.63, 3.8) is 0 Å². The van der Waals surface area contributed by atoms with Gasteiger partial charge in [0.25, 0.3) is 0 Å². The van der Waals surface area contributed by atoms with Crippen LogP contribution in [0.5, 0.6) is 0 Å². The fraction of sp³-hybridized carbons (Fsp3) is 0.351. The Hall–Kier alpha value is -3.12. The minimum absolute atomic E-state index is 0.180. The Kier molecular flexibility index (Phi) is 16.6. The first-order chi connectivity index (χ1) is 18.4. The summed E-state index contributed by atoms with van der Waals surface area (Å²) in [6.07, 6.45) is 0. The molecule has 0 aromatic heterocycles. The Labute approximate surface area is 229 Å². The Morgan fingerprint density at radius 2 is 0.432 bits per heavy atom. The van der Waals surface area contributed by atoms with Crippen LogP contribution in [0.2, 0.25) is 0 Å². The van der Waals surface area contributed by atoms with E-state index in [1.165, 1.54) is 44.5 Å². The minimum Gasteiger partial charge on any atom is -0.0683 e. The van der Waals surface area contributed by atoms with Crippen LogP contribution < -0.4 is 0 Å². The maximum atomic E-state index is 2.31. The first-order valence-corrected chi connectivity index (χ1v) is 14.8. The van der Waals surface area contributed by atoms with E-state index in [0.717, 1.165) is 0 Å². The maximum absolute atomic E-state index is 2.31. The lowest BCUT2D eigenvalue weighted by molar-refractivity contribution is 0.794. The van der Waals surface area contributed by atoms with Gasteiger partial charge >= 0.3 is 0 Å². The number of fused-ring (bicyclic) bond motifs is 10. The second-order valence-corrected chi connectivity index (χ2v) is 6.93. The topological polar surface area (TPSA) is 0 Å². The number of rotatable bonds is 0. The molecule has 0 nitrogen and oxygen atoms in total. The molecule has 0 amide bonds. The second kappa shape index (κ2) is 18.2. The zero-order chi connectivity index (χ0) is 28.4. The Bertz CT molecular complexity index is 962. The van der Waals surface area contributed by atoms with E-state index >= 15 is 0 Å². The summed E-state index contributed by atoms with van der Waals surface area (Å²) in [5.74, 6) is 0. The highest BCUT2D eigenvalue weighted by Crippen LogP contribution is 2.62. The van der Waals surface area contributed by atoms with Gasteiger partial charge in [-0.25, -0.2) is 0 Å². The van der Waals surface area contributed by atoms with E-state index in [4.69, 9.17) is 0 Å². The highest BCUT2D eigenvalue weighted by atomic mass is 14.5. The Morgan fingerprint density at radius 1 is 0.270 bits per heavy atom. The van der Waals surface area contributed by atoms with Crippen molar-refractivity contribution in [1.82, 2.24) is 0 Å². The van der Waals surface area contributed by atoms with E-state index < -0.39 is 0 Å². The van der Waals surface area contributed by atoms with Gasteiger partial charge in [-0.15, -0.1) is 0 Å². The van der Waals surface area contributed by atoms with Crippen molar-refractivity contribution in [2.45, 2.75) is 88.5 Å². The number of hydrogen-bond donors (Lipinski definition) is 0. The van der Waals surface area contributed by atoms with Gasteiger partial charge < -0.3 is 0 Å². The maximum Gasteiger partial charge on any atom is 0.0725 e. The van der Waals surface area contributed by atoms with Crippen LogP contribution >= 0.6 is 0 Å². The van der Waals surface area contributed by atoms with Crippen molar-refractivity contribution in [2.24, 2.45) is 0 Å². The molecule has 0 unspecified atom stereocenters. The smallest absolute Gasteiger partial charge is 0.0683 e. The molecule has 37 heavy (non-hydrogen) atoms. The van der Waals surface area contributed by atoms with Crippen molar-refractivity contribution >= 4 is 0 Å². The molecule has 2 aliphatic carbocycles. The lowest BCUT2D eigenvalue weighted by Crippen LogP contribution is -2.25. The standard InChI is InChI=1S/C25H16.6C2H6/c1-5-13-21-17(9-1)18-10-2-6-14-22(18)25(21)23-15-7-3-11-19(23)20-12-4-8-16-24(20)25;6*1-2/h1-16H;6*1-2H3. The molecule has 4 aromatic rings. The normalized spacial score (nSPS) is 10.9. The zero-order valence-electron chi connectivity index (χ0n) is 25.7. The summed E-state index contributed by atoms with van der Waals surface area (Å²) in [6, 6.07) is 35.7. The van der Waals surface area contributed by atoms with Crippen LogP contribution in [0.25, 0.3) is 22.3 Å². The van der Waals surface area contributed by atoms with Gasteiger partial charge in [-0.2, -0.15) is 0 Å². The molecule has 6 rings (SSSR count). The van der Waals surface area contributed by atoms with Crippen LogP contribution in [0.1, 0.15) is 105 Å². The molecular formula is C37H52. The van der Waals surface area contributed by atoms with Crippen LogP contribution in [-0.4, -0.2) is 0 Å². The van der Waals surface area contributed by atoms with Gasteiger partial charge in [0.05, 0.1) is 5.41 Å². The SMILES string of the molecule is CC.CC.CC.CC.CC.CC.c1ccc2c(c1)-c1ccccc1C21c2ccccc2-c2ccccc21. The molecule has 200 valence electrons. The third-order valence-electron chi connectivity index (χ3n) is 5.90. The first kappa shape index (κ1) is 33.9. The molecule has 4 aromatic carbocycles. The molecular weight excluding hydrogens is 444 g/mol. The van der Waals surface area contributed by atoms with Gasteiger partial charge in [0.2, 0.25) is 0 Å². The number of hydrogen-bond acceptors (Lipinski definition) is 0. The van der Waals surface area contributed by atoms with Crippen molar-refractivity contribution in [3.05, 3.63) is 119 Å². The molecule has 0 atom stereocenters. The molecule has 0 radical (unpaired) electrons. The van der Waals surface area contributed by atoms with E-state index in [-0.39, 0.29) is 5.41 Å². The Balaban J connectivity index is 0.000000962. The highest BCUT2D eigenvalue weighted by molar-refractivity contribution is 5.94. The van der Waals surface area contributed by atoms with Gasteiger partial charge in [-0.3, -0.25) is 0 Å². The van der Waals surface area contributed by atoms with E-state index in [1.54, 1.807) is 0 Å². The highest BCUT2D eigenvalue weighted by Gasteiger charge is 2.51. The predicted molar refractivity (Wildman–Crippen MR) is 171 cm³/mol. The molecule has 0 saturated heterocycles.